The van der Waals surface area contributed by atoms with E-state index >= 15 is 0 Å². The van der Waals surface area contributed by atoms with Gasteiger partial charge in [0.2, 0.25) is 0 Å². The largest absolute Gasteiger partial charge is 0.478 e. The third-order valence-electron chi connectivity index (χ3n) is 5.75. The summed E-state index contributed by atoms with van der Waals surface area (Å²) in [6, 6.07) is 18.3. The fraction of sp³-hybridized carbons (Fsp3) is 0.214. The number of carbonyl (C=O) groups excluding carboxylic acids is 1. The monoisotopic (exact) mass is 499 g/mol. The van der Waals surface area contributed by atoms with Crippen LogP contribution >= 0.6 is 0 Å². The molecule has 1 N–H and O–H groups in total. The molecule has 0 saturated carbocycles. The van der Waals surface area contributed by atoms with Gasteiger partial charge in [-0.2, -0.15) is 5.10 Å². The Labute approximate surface area is 211 Å². The molecule has 0 aliphatic carbocycles. The van der Waals surface area contributed by atoms with Crippen molar-refractivity contribution in [1.82, 2.24) is 14.8 Å². The Bertz CT molecular complexity index is 1420. The molecule has 4 aromatic rings. The smallest absolute Gasteiger partial charge is 0.336 e. The molecule has 2 aromatic heterocycles. The summed E-state index contributed by atoms with van der Waals surface area (Å²) in [6.07, 6.45) is 5.51. The van der Waals surface area contributed by atoms with Gasteiger partial charge in [-0.3, -0.25) is 9.78 Å². The zero-order chi connectivity index (χ0) is 25.7. The second-order valence-corrected chi connectivity index (χ2v) is 15.4. The van der Waals surface area contributed by atoms with E-state index in [9.17, 15) is 14.7 Å². The number of fused-ring (bicyclic) bond motifs is 1. The number of benzene rings is 2. The maximum Gasteiger partial charge on any atom is 0.336 e. The first kappa shape index (κ1) is 25.2. The standard InChI is InChI=1S/C28H29N3O4Si/c1-36(2,3)17-16-35-19-31-26-18-20(27(32)22-9-4-5-10-23(22)28(33)34)11-13-24(26)25(30-31)14-12-21-8-6-7-15-29-21/h4-15,18H,16-17,19H2,1-3H3,(H,33,34)/b14-12+. The van der Waals surface area contributed by atoms with E-state index in [2.05, 4.69) is 24.6 Å². The molecule has 0 bridgehead atoms. The van der Waals surface area contributed by atoms with E-state index in [4.69, 9.17) is 9.84 Å². The van der Waals surface area contributed by atoms with E-state index in [0.29, 0.717) is 12.2 Å². The van der Waals surface area contributed by atoms with Gasteiger partial charge in [-0.15, -0.1) is 0 Å². The molecule has 2 aromatic carbocycles. The first-order valence-electron chi connectivity index (χ1n) is 11.8. The van der Waals surface area contributed by atoms with Crippen molar-refractivity contribution in [2.75, 3.05) is 6.61 Å². The topological polar surface area (TPSA) is 94.3 Å². The number of rotatable bonds is 10. The Hall–Kier alpha value is -3.88. The first-order valence-corrected chi connectivity index (χ1v) is 15.5. The Morgan fingerprint density at radius 2 is 1.75 bits per heavy atom. The molecule has 4 rings (SSSR count). The maximum atomic E-state index is 13.3. The van der Waals surface area contributed by atoms with Gasteiger partial charge in [0, 0.05) is 37.4 Å². The number of pyridine rings is 1. The minimum absolute atomic E-state index is 0.0234. The average Bonchev–Trinajstić information content (AvgIpc) is 3.21. The molecule has 36 heavy (non-hydrogen) atoms. The molecule has 0 saturated heterocycles. The number of hydrogen-bond acceptors (Lipinski definition) is 5. The minimum atomic E-state index is -1.24. The van der Waals surface area contributed by atoms with Crippen LogP contribution in [0, 0.1) is 0 Å². The van der Waals surface area contributed by atoms with Gasteiger partial charge in [-0.1, -0.05) is 50.0 Å². The number of hydrogen-bond donors (Lipinski definition) is 1. The van der Waals surface area contributed by atoms with Crippen molar-refractivity contribution in [3.05, 3.63) is 94.9 Å². The van der Waals surface area contributed by atoms with Gasteiger partial charge in [0.15, 0.2) is 5.78 Å². The number of carboxylic acids is 1. The van der Waals surface area contributed by atoms with Crippen LogP contribution in [0.2, 0.25) is 25.7 Å². The Morgan fingerprint density at radius 3 is 2.44 bits per heavy atom. The lowest BCUT2D eigenvalue weighted by molar-refractivity contribution is 0.0692. The van der Waals surface area contributed by atoms with E-state index in [1.807, 2.05) is 36.4 Å². The van der Waals surface area contributed by atoms with Crippen LogP contribution in [0.3, 0.4) is 0 Å². The molecule has 0 amide bonds. The van der Waals surface area contributed by atoms with Gasteiger partial charge in [-0.05, 0) is 48.5 Å². The Morgan fingerprint density at radius 1 is 1.00 bits per heavy atom. The highest BCUT2D eigenvalue weighted by molar-refractivity contribution is 6.76. The molecule has 184 valence electrons. The lowest BCUT2D eigenvalue weighted by Crippen LogP contribution is -2.22. The summed E-state index contributed by atoms with van der Waals surface area (Å²) in [5, 5.41) is 15.1. The predicted octanol–water partition coefficient (Wildman–Crippen LogP) is 5.84. The van der Waals surface area contributed by atoms with E-state index in [1.54, 1.807) is 35.1 Å². The van der Waals surface area contributed by atoms with E-state index in [-0.39, 0.29) is 23.6 Å². The third-order valence-corrected chi connectivity index (χ3v) is 7.46. The first-order chi connectivity index (χ1) is 17.2. The molecule has 7 nitrogen and oxygen atoms in total. The van der Waals surface area contributed by atoms with Crippen molar-refractivity contribution < 1.29 is 19.4 Å². The number of ether oxygens (including phenoxy) is 1. The van der Waals surface area contributed by atoms with Crippen molar-refractivity contribution in [3.8, 4) is 0 Å². The number of ketones is 1. The highest BCUT2D eigenvalue weighted by Gasteiger charge is 2.19. The summed E-state index contributed by atoms with van der Waals surface area (Å²) in [5.74, 6) is -1.49. The van der Waals surface area contributed by atoms with E-state index < -0.39 is 14.0 Å². The molecule has 0 spiro atoms. The van der Waals surface area contributed by atoms with Crippen molar-refractivity contribution in [2.45, 2.75) is 32.4 Å². The molecule has 2 heterocycles. The summed E-state index contributed by atoms with van der Waals surface area (Å²) in [6.45, 7) is 7.79. The van der Waals surface area contributed by atoms with Gasteiger partial charge in [0.05, 0.1) is 22.5 Å². The molecule has 0 aliphatic heterocycles. The third kappa shape index (κ3) is 6.02. The van der Waals surface area contributed by atoms with Crippen molar-refractivity contribution >= 4 is 42.9 Å². The van der Waals surface area contributed by atoms with Crippen molar-refractivity contribution in [1.29, 1.82) is 0 Å². The number of carboxylic acid groups (broad SMARTS) is 1. The van der Waals surface area contributed by atoms with Crippen LogP contribution in [0.5, 0.6) is 0 Å². The molecule has 8 heteroatoms. The summed E-state index contributed by atoms with van der Waals surface area (Å²) >= 11 is 0. The minimum Gasteiger partial charge on any atom is -0.478 e. The number of carbonyl (C=O) groups is 2. The van der Waals surface area contributed by atoms with E-state index in [0.717, 1.165) is 28.3 Å². The molecule has 0 radical (unpaired) electrons. The van der Waals surface area contributed by atoms with Crippen molar-refractivity contribution in [3.63, 3.8) is 0 Å². The summed E-state index contributed by atoms with van der Waals surface area (Å²) in [4.78, 5) is 29.2. The van der Waals surface area contributed by atoms with Crippen LogP contribution in [0.15, 0.2) is 66.9 Å². The average molecular weight is 500 g/mol. The normalized spacial score (nSPS) is 11.9. The predicted molar refractivity (Wildman–Crippen MR) is 144 cm³/mol. The van der Waals surface area contributed by atoms with Gasteiger partial charge in [0.1, 0.15) is 6.73 Å². The fourth-order valence-corrected chi connectivity index (χ4v) is 4.51. The molecule has 0 aliphatic rings. The van der Waals surface area contributed by atoms with Gasteiger partial charge in [-0.25, -0.2) is 9.48 Å². The zero-order valence-corrected chi connectivity index (χ0v) is 21.6. The molecular weight excluding hydrogens is 470 g/mol. The second kappa shape index (κ2) is 10.8. The van der Waals surface area contributed by atoms with Crippen LogP contribution in [-0.2, 0) is 11.5 Å². The highest BCUT2D eigenvalue weighted by Crippen LogP contribution is 2.25. The van der Waals surface area contributed by atoms with Gasteiger partial charge >= 0.3 is 5.97 Å². The van der Waals surface area contributed by atoms with Crippen LogP contribution in [0.1, 0.15) is 37.7 Å². The lowest BCUT2D eigenvalue weighted by Gasteiger charge is -2.15. The molecule has 0 fully saturated rings. The van der Waals surface area contributed by atoms with Crippen LogP contribution in [-0.4, -0.2) is 46.3 Å². The van der Waals surface area contributed by atoms with Crippen LogP contribution in [0.4, 0.5) is 0 Å². The number of aromatic carboxylic acids is 1. The molecular formula is C28H29N3O4Si. The van der Waals surface area contributed by atoms with E-state index in [1.165, 1.54) is 12.1 Å². The van der Waals surface area contributed by atoms with Gasteiger partial charge < -0.3 is 9.84 Å². The summed E-state index contributed by atoms with van der Waals surface area (Å²) in [5.41, 5.74) is 2.79. The summed E-state index contributed by atoms with van der Waals surface area (Å²) < 4.78 is 7.70. The zero-order valence-electron chi connectivity index (χ0n) is 20.6. The second-order valence-electron chi connectivity index (χ2n) is 9.73. The molecule has 0 unspecified atom stereocenters. The SMILES string of the molecule is C[Si](C)(C)CCOCn1nc(/C=C/c2ccccn2)c2ccc(C(=O)c3ccccc3C(=O)O)cc21. The summed E-state index contributed by atoms with van der Waals surface area (Å²) in [7, 11) is -1.24. The quantitative estimate of drug-likeness (QED) is 0.167. The number of nitrogens with zero attached hydrogens (tertiary/aromatic N) is 3. The van der Waals surface area contributed by atoms with Gasteiger partial charge in [0.25, 0.3) is 0 Å². The van der Waals surface area contributed by atoms with Crippen LogP contribution in [0.25, 0.3) is 23.1 Å². The molecule has 0 atom stereocenters. The Balaban J connectivity index is 1.70. The van der Waals surface area contributed by atoms with Crippen LogP contribution < -0.4 is 0 Å². The maximum absolute atomic E-state index is 13.3. The fourth-order valence-electron chi connectivity index (χ4n) is 3.75. The van der Waals surface area contributed by atoms with Crippen molar-refractivity contribution in [2.24, 2.45) is 0 Å². The Kier molecular flexibility index (Phi) is 7.57. The highest BCUT2D eigenvalue weighted by atomic mass is 28.3. The number of aromatic nitrogens is 3. The lowest BCUT2D eigenvalue weighted by atomic mass is 9.97.